The molecule has 0 heterocycles. The molecule has 0 aliphatic heterocycles. The fourth-order valence-electron chi connectivity index (χ4n) is 1.21. The minimum atomic E-state index is 0.628. The van der Waals surface area contributed by atoms with Crippen LogP contribution in [0.1, 0.15) is 24.5 Å². The molecule has 0 saturated heterocycles. The minimum absolute atomic E-state index is 0.628. The van der Waals surface area contributed by atoms with Crippen LogP contribution in [-0.4, -0.2) is 6.61 Å². The van der Waals surface area contributed by atoms with E-state index in [2.05, 4.69) is 28.7 Å². The highest BCUT2D eigenvalue weighted by Gasteiger charge is 2.07. The molecule has 0 bridgehead atoms. The summed E-state index contributed by atoms with van der Waals surface area (Å²) in [6, 6.07) is 6.02. The first kappa shape index (κ1) is 11.3. The molecule has 0 aliphatic rings. The summed E-state index contributed by atoms with van der Waals surface area (Å²) in [6.45, 7) is 4.68. The van der Waals surface area contributed by atoms with Gasteiger partial charge in [-0.1, -0.05) is 6.92 Å². The lowest BCUT2D eigenvalue weighted by Gasteiger charge is -2.10. The summed E-state index contributed by atoms with van der Waals surface area (Å²) in [7, 11) is 0. The molecule has 0 radical (unpaired) electrons. The van der Waals surface area contributed by atoms with Crippen LogP contribution in [0.4, 0.5) is 0 Å². The topological polar surface area (TPSA) is 33.0 Å². The zero-order valence-electron chi connectivity index (χ0n) is 8.30. The number of halogens is 1. The molecule has 0 atom stereocenters. The van der Waals surface area contributed by atoms with Crippen molar-refractivity contribution in [2.75, 3.05) is 6.61 Å². The van der Waals surface area contributed by atoms with Crippen LogP contribution in [0.15, 0.2) is 12.1 Å². The van der Waals surface area contributed by atoms with Gasteiger partial charge in [-0.3, -0.25) is 0 Å². The van der Waals surface area contributed by atoms with E-state index in [9.17, 15) is 0 Å². The predicted octanol–water partition coefficient (Wildman–Crippen LogP) is 3.26. The number of rotatable bonds is 3. The molecule has 0 amide bonds. The first-order chi connectivity index (χ1) is 6.69. The Hall–Kier alpha value is -0.760. The lowest BCUT2D eigenvalue weighted by molar-refractivity contribution is 0.314. The predicted molar refractivity (Wildman–Crippen MR) is 64.4 cm³/mol. The Morgan fingerprint density at radius 3 is 2.79 bits per heavy atom. The van der Waals surface area contributed by atoms with Gasteiger partial charge in [0, 0.05) is 3.57 Å². The number of nitriles is 1. The van der Waals surface area contributed by atoms with Gasteiger partial charge < -0.3 is 4.74 Å². The summed E-state index contributed by atoms with van der Waals surface area (Å²) in [5.74, 6) is 0.731. The Balaban J connectivity index is 3.07. The number of ether oxygens (including phenoxy) is 1. The quantitative estimate of drug-likeness (QED) is 0.803. The second-order valence-corrected chi connectivity index (χ2v) is 4.31. The van der Waals surface area contributed by atoms with E-state index in [0.717, 1.165) is 21.3 Å². The molecule has 0 unspecified atom stereocenters. The molecule has 0 spiro atoms. The van der Waals surface area contributed by atoms with Crippen LogP contribution in [0.5, 0.6) is 5.75 Å². The minimum Gasteiger partial charge on any atom is -0.492 e. The van der Waals surface area contributed by atoms with Gasteiger partial charge in [0.05, 0.1) is 12.2 Å². The van der Waals surface area contributed by atoms with Crippen molar-refractivity contribution < 1.29 is 4.74 Å². The van der Waals surface area contributed by atoms with Gasteiger partial charge in [0.2, 0.25) is 0 Å². The molecular weight excluding hydrogens is 289 g/mol. The van der Waals surface area contributed by atoms with Gasteiger partial charge in [0.25, 0.3) is 0 Å². The number of hydrogen-bond donors (Lipinski definition) is 0. The average molecular weight is 301 g/mol. The van der Waals surface area contributed by atoms with Crippen molar-refractivity contribution >= 4 is 22.6 Å². The van der Waals surface area contributed by atoms with E-state index in [1.54, 1.807) is 0 Å². The first-order valence-corrected chi connectivity index (χ1v) is 5.60. The third-order valence-electron chi connectivity index (χ3n) is 1.81. The summed E-state index contributed by atoms with van der Waals surface area (Å²) in [6.07, 6.45) is 0.955. The number of nitrogens with zero attached hydrogens (tertiary/aromatic N) is 1. The maximum Gasteiger partial charge on any atom is 0.140 e. The maximum atomic E-state index is 8.93. The lowest BCUT2D eigenvalue weighted by Crippen LogP contribution is -1.99. The first-order valence-electron chi connectivity index (χ1n) is 4.52. The van der Waals surface area contributed by atoms with E-state index in [4.69, 9.17) is 10.00 Å². The van der Waals surface area contributed by atoms with Crippen LogP contribution >= 0.6 is 22.6 Å². The molecule has 1 aromatic rings. The van der Waals surface area contributed by atoms with Crippen molar-refractivity contribution in [1.82, 2.24) is 0 Å². The van der Waals surface area contributed by atoms with E-state index in [-0.39, 0.29) is 0 Å². The van der Waals surface area contributed by atoms with Gasteiger partial charge >= 0.3 is 0 Å². The number of aryl methyl sites for hydroxylation is 1. The number of benzene rings is 1. The highest BCUT2D eigenvalue weighted by atomic mass is 127. The second kappa shape index (κ2) is 5.20. The maximum absolute atomic E-state index is 8.93. The Labute approximate surface area is 98.0 Å². The third-order valence-corrected chi connectivity index (χ3v) is 2.43. The van der Waals surface area contributed by atoms with Crippen LogP contribution in [0.25, 0.3) is 0 Å². The Morgan fingerprint density at radius 1 is 1.50 bits per heavy atom. The van der Waals surface area contributed by atoms with E-state index >= 15 is 0 Å². The van der Waals surface area contributed by atoms with Crippen LogP contribution in [0.3, 0.4) is 0 Å². The standard InChI is InChI=1S/C11H12INO/c1-3-4-14-11-8(2)5-10(12)6-9(11)7-13/h5-6H,3-4H2,1-2H3. The van der Waals surface area contributed by atoms with Crippen molar-refractivity contribution in [3.05, 3.63) is 26.8 Å². The zero-order chi connectivity index (χ0) is 10.6. The third kappa shape index (κ3) is 2.61. The molecule has 0 N–H and O–H groups in total. The molecule has 0 fully saturated rings. The Bertz CT molecular complexity index is 368. The SMILES string of the molecule is CCCOc1c(C)cc(I)cc1C#N. The van der Waals surface area contributed by atoms with E-state index < -0.39 is 0 Å². The van der Waals surface area contributed by atoms with Gasteiger partial charge in [-0.05, 0) is 53.6 Å². The molecule has 0 aliphatic carbocycles. The average Bonchev–Trinajstić information content (AvgIpc) is 2.15. The second-order valence-electron chi connectivity index (χ2n) is 3.06. The van der Waals surface area contributed by atoms with Gasteiger partial charge in [0.1, 0.15) is 11.8 Å². The van der Waals surface area contributed by atoms with E-state index in [1.165, 1.54) is 0 Å². The van der Waals surface area contributed by atoms with Gasteiger partial charge in [-0.2, -0.15) is 5.26 Å². The molecule has 0 saturated carbocycles. The highest BCUT2D eigenvalue weighted by Crippen LogP contribution is 2.25. The van der Waals surface area contributed by atoms with E-state index in [1.807, 2.05) is 26.0 Å². The van der Waals surface area contributed by atoms with Crippen LogP contribution < -0.4 is 4.74 Å². The molecule has 1 aromatic carbocycles. The van der Waals surface area contributed by atoms with Crippen LogP contribution in [0, 0.1) is 21.8 Å². The largest absolute Gasteiger partial charge is 0.492 e. The molecule has 0 aromatic heterocycles. The van der Waals surface area contributed by atoms with Crippen molar-refractivity contribution in [2.24, 2.45) is 0 Å². The van der Waals surface area contributed by atoms with Crippen LogP contribution in [0.2, 0.25) is 0 Å². The van der Waals surface area contributed by atoms with Crippen LogP contribution in [-0.2, 0) is 0 Å². The molecule has 14 heavy (non-hydrogen) atoms. The summed E-state index contributed by atoms with van der Waals surface area (Å²) in [5.41, 5.74) is 1.66. The monoisotopic (exact) mass is 301 g/mol. The summed E-state index contributed by atoms with van der Waals surface area (Å²) < 4.78 is 6.61. The molecule has 2 nitrogen and oxygen atoms in total. The summed E-state index contributed by atoms with van der Waals surface area (Å²) in [5, 5.41) is 8.93. The van der Waals surface area contributed by atoms with Crippen molar-refractivity contribution in [2.45, 2.75) is 20.3 Å². The molecule has 3 heteroatoms. The zero-order valence-corrected chi connectivity index (χ0v) is 10.5. The summed E-state index contributed by atoms with van der Waals surface area (Å²) in [4.78, 5) is 0. The van der Waals surface area contributed by atoms with Gasteiger partial charge in [0.15, 0.2) is 0 Å². The lowest BCUT2D eigenvalue weighted by atomic mass is 10.1. The Morgan fingerprint density at radius 2 is 2.21 bits per heavy atom. The molecule has 74 valence electrons. The van der Waals surface area contributed by atoms with Crippen molar-refractivity contribution in [1.29, 1.82) is 5.26 Å². The Kier molecular flexibility index (Phi) is 4.21. The smallest absolute Gasteiger partial charge is 0.140 e. The van der Waals surface area contributed by atoms with Crippen molar-refractivity contribution in [3.8, 4) is 11.8 Å². The fourth-order valence-corrected chi connectivity index (χ4v) is 1.99. The summed E-state index contributed by atoms with van der Waals surface area (Å²) >= 11 is 2.20. The number of hydrogen-bond acceptors (Lipinski definition) is 2. The molecule has 1 rings (SSSR count). The fraction of sp³-hybridized carbons (Fsp3) is 0.364. The van der Waals surface area contributed by atoms with Crippen molar-refractivity contribution in [3.63, 3.8) is 0 Å². The normalized spacial score (nSPS) is 9.57. The van der Waals surface area contributed by atoms with Gasteiger partial charge in [-0.25, -0.2) is 0 Å². The molecular formula is C11H12INO. The van der Waals surface area contributed by atoms with E-state index in [0.29, 0.717) is 12.2 Å². The van der Waals surface area contributed by atoms with Gasteiger partial charge in [-0.15, -0.1) is 0 Å². The highest BCUT2D eigenvalue weighted by molar-refractivity contribution is 14.1.